The molecule has 2 aliphatic heterocycles. The summed E-state index contributed by atoms with van der Waals surface area (Å²) in [6.07, 6.45) is 0.971. The molecular weight excluding hydrogens is 366 g/mol. The Morgan fingerprint density at radius 1 is 0.966 bits per heavy atom. The predicted octanol–water partition coefficient (Wildman–Crippen LogP) is 3.40. The third kappa shape index (κ3) is 3.38. The van der Waals surface area contributed by atoms with Crippen LogP contribution in [0, 0.1) is 5.92 Å². The van der Waals surface area contributed by atoms with Gasteiger partial charge in [-0.15, -0.1) is 0 Å². The number of amides is 2. The lowest BCUT2D eigenvalue weighted by molar-refractivity contribution is -0.143. The van der Waals surface area contributed by atoms with E-state index < -0.39 is 12.0 Å². The van der Waals surface area contributed by atoms with Gasteiger partial charge < -0.3 is 4.90 Å². The lowest BCUT2D eigenvalue weighted by Crippen LogP contribution is -2.37. The van der Waals surface area contributed by atoms with Crippen LogP contribution < -0.4 is 9.96 Å². The Hall–Kier alpha value is -2.86. The normalized spacial score (nSPS) is 23.6. The van der Waals surface area contributed by atoms with E-state index in [2.05, 4.69) is 6.92 Å². The number of nitrogens with zero attached hydrogens (tertiary/aromatic N) is 3. The Kier molecular flexibility index (Phi) is 5.28. The minimum atomic E-state index is -0.766. The van der Waals surface area contributed by atoms with E-state index in [9.17, 15) is 9.59 Å². The van der Waals surface area contributed by atoms with Crippen molar-refractivity contribution in [1.29, 1.82) is 0 Å². The van der Waals surface area contributed by atoms with Crippen LogP contribution >= 0.6 is 0 Å². The van der Waals surface area contributed by atoms with Gasteiger partial charge in [0.05, 0.1) is 11.7 Å². The number of likely N-dealkylation sites (tertiary alicyclic amines) is 1. The van der Waals surface area contributed by atoms with E-state index in [0.717, 1.165) is 29.8 Å². The average Bonchev–Trinajstić information content (AvgIpc) is 3.24. The van der Waals surface area contributed by atoms with Gasteiger partial charge in [0.1, 0.15) is 5.92 Å². The van der Waals surface area contributed by atoms with Crippen LogP contribution in [0.5, 0.6) is 0 Å². The van der Waals surface area contributed by atoms with E-state index in [1.807, 2.05) is 73.6 Å². The molecule has 29 heavy (non-hydrogen) atoms. The van der Waals surface area contributed by atoms with Crippen LogP contribution in [0.25, 0.3) is 0 Å². The number of hydrogen-bond acceptors (Lipinski definition) is 5. The third-order valence-corrected chi connectivity index (χ3v) is 5.70. The lowest BCUT2D eigenvalue weighted by Gasteiger charge is -2.29. The Bertz CT molecular complexity index is 882. The quantitative estimate of drug-likeness (QED) is 0.704. The minimum Gasteiger partial charge on any atom is -0.378 e. The van der Waals surface area contributed by atoms with E-state index in [4.69, 9.17) is 4.84 Å². The zero-order valence-corrected chi connectivity index (χ0v) is 17.1. The van der Waals surface area contributed by atoms with E-state index in [1.165, 1.54) is 4.90 Å². The van der Waals surface area contributed by atoms with E-state index >= 15 is 0 Å². The summed E-state index contributed by atoms with van der Waals surface area (Å²) in [7, 11) is 3.98. The molecule has 2 aromatic carbocycles. The van der Waals surface area contributed by atoms with Crippen LogP contribution in [-0.2, 0) is 14.4 Å². The van der Waals surface area contributed by atoms with Crippen LogP contribution in [0.3, 0.4) is 0 Å². The van der Waals surface area contributed by atoms with Gasteiger partial charge >= 0.3 is 0 Å². The van der Waals surface area contributed by atoms with Crippen molar-refractivity contribution in [1.82, 2.24) is 4.90 Å². The molecule has 2 aliphatic rings. The van der Waals surface area contributed by atoms with Crippen LogP contribution in [-0.4, -0.2) is 43.5 Å². The zero-order valence-electron chi connectivity index (χ0n) is 17.1. The minimum absolute atomic E-state index is 0.131. The second kappa shape index (κ2) is 7.87. The molecule has 0 aliphatic carbocycles. The molecule has 0 unspecified atom stereocenters. The number of benzene rings is 2. The van der Waals surface area contributed by atoms with Crippen molar-refractivity contribution in [2.75, 3.05) is 30.6 Å². The number of fused-ring (bicyclic) bond motifs is 1. The third-order valence-electron chi connectivity index (χ3n) is 5.70. The maximum atomic E-state index is 13.2. The molecule has 6 heteroatoms. The average molecular weight is 393 g/mol. The number of para-hydroxylation sites is 1. The van der Waals surface area contributed by atoms with E-state index in [1.54, 1.807) is 5.06 Å². The zero-order chi connectivity index (χ0) is 20.5. The molecule has 2 amide bonds. The van der Waals surface area contributed by atoms with Crippen molar-refractivity contribution in [3.05, 3.63) is 60.2 Å². The van der Waals surface area contributed by atoms with Gasteiger partial charge in [0.15, 0.2) is 6.10 Å². The summed E-state index contributed by atoms with van der Waals surface area (Å²) < 4.78 is 0. The molecule has 2 saturated heterocycles. The van der Waals surface area contributed by atoms with Crippen molar-refractivity contribution in [3.63, 3.8) is 0 Å². The standard InChI is InChI=1S/C23H27N3O3/c1-4-5-15-25-22(27)19-20(16-11-13-17(14-12-16)24(2)3)26(29-21(19)23(25)28)18-9-7-6-8-10-18/h6-14,19-21H,4-5,15H2,1-3H3/t19-,20+,21+/m1/s1. The van der Waals surface area contributed by atoms with Gasteiger partial charge in [0, 0.05) is 26.3 Å². The monoisotopic (exact) mass is 393 g/mol. The van der Waals surface area contributed by atoms with Gasteiger partial charge in [-0.05, 0) is 36.2 Å². The van der Waals surface area contributed by atoms with Gasteiger partial charge in [0.2, 0.25) is 5.91 Å². The molecule has 0 N–H and O–H groups in total. The number of carbonyl (C=O) groups excluding carboxylic acids is 2. The first-order chi connectivity index (χ1) is 14.0. The Balaban J connectivity index is 1.72. The molecule has 6 nitrogen and oxygen atoms in total. The molecule has 2 fully saturated rings. The maximum absolute atomic E-state index is 13.2. The number of rotatable bonds is 6. The Morgan fingerprint density at radius 3 is 2.28 bits per heavy atom. The number of unbranched alkanes of at least 4 members (excludes halogenated alkanes) is 1. The fourth-order valence-corrected chi connectivity index (χ4v) is 4.12. The van der Waals surface area contributed by atoms with E-state index in [0.29, 0.717) is 6.54 Å². The molecule has 0 aromatic heterocycles. The molecule has 3 atom stereocenters. The fraction of sp³-hybridized carbons (Fsp3) is 0.391. The number of hydrogen-bond donors (Lipinski definition) is 0. The van der Waals surface area contributed by atoms with Crippen molar-refractivity contribution in [2.24, 2.45) is 5.92 Å². The lowest BCUT2D eigenvalue weighted by atomic mass is 9.90. The first-order valence-corrected chi connectivity index (χ1v) is 10.2. The van der Waals surface area contributed by atoms with Gasteiger partial charge in [-0.25, -0.2) is 5.06 Å². The van der Waals surface area contributed by atoms with Gasteiger partial charge in [-0.1, -0.05) is 43.7 Å². The summed E-state index contributed by atoms with van der Waals surface area (Å²) in [5, 5.41) is 1.74. The molecule has 0 bridgehead atoms. The second-order valence-electron chi connectivity index (χ2n) is 7.83. The highest BCUT2D eigenvalue weighted by Crippen LogP contribution is 2.46. The van der Waals surface area contributed by atoms with Crippen molar-refractivity contribution in [2.45, 2.75) is 31.9 Å². The predicted molar refractivity (Wildman–Crippen MR) is 112 cm³/mol. The maximum Gasteiger partial charge on any atom is 0.261 e. The molecular formula is C23H27N3O3. The summed E-state index contributed by atoms with van der Waals surface area (Å²) in [6, 6.07) is 17.4. The molecule has 0 radical (unpaired) electrons. The molecule has 0 saturated carbocycles. The van der Waals surface area contributed by atoms with Crippen LogP contribution in [0.1, 0.15) is 31.4 Å². The number of carbonyl (C=O) groups is 2. The first kappa shape index (κ1) is 19.5. The highest BCUT2D eigenvalue weighted by molar-refractivity contribution is 6.07. The molecule has 152 valence electrons. The molecule has 2 aromatic rings. The van der Waals surface area contributed by atoms with Crippen LogP contribution in [0.2, 0.25) is 0 Å². The summed E-state index contributed by atoms with van der Waals surface area (Å²) in [5.74, 6) is -0.889. The highest BCUT2D eigenvalue weighted by Gasteiger charge is 2.59. The highest BCUT2D eigenvalue weighted by atomic mass is 16.7. The molecule has 2 heterocycles. The van der Waals surface area contributed by atoms with Crippen molar-refractivity contribution >= 4 is 23.2 Å². The first-order valence-electron chi connectivity index (χ1n) is 10.2. The van der Waals surface area contributed by atoms with Crippen molar-refractivity contribution in [3.8, 4) is 0 Å². The SMILES string of the molecule is CCCCN1C(=O)[C@H]2[C@H](ON(c3ccccc3)[C@H]2c2ccc(N(C)C)cc2)C1=O. The smallest absolute Gasteiger partial charge is 0.261 e. The second-order valence-corrected chi connectivity index (χ2v) is 7.83. The van der Waals surface area contributed by atoms with Crippen molar-refractivity contribution < 1.29 is 14.4 Å². The van der Waals surface area contributed by atoms with Gasteiger partial charge in [-0.3, -0.25) is 19.3 Å². The summed E-state index contributed by atoms with van der Waals surface area (Å²) in [6.45, 7) is 2.51. The summed E-state index contributed by atoms with van der Waals surface area (Å²) in [5.41, 5.74) is 2.88. The van der Waals surface area contributed by atoms with E-state index in [-0.39, 0.29) is 17.9 Å². The van der Waals surface area contributed by atoms with Crippen LogP contribution in [0.15, 0.2) is 54.6 Å². The largest absolute Gasteiger partial charge is 0.378 e. The van der Waals surface area contributed by atoms with Gasteiger partial charge in [-0.2, -0.15) is 0 Å². The topological polar surface area (TPSA) is 53.1 Å². The molecule has 4 rings (SSSR count). The summed E-state index contributed by atoms with van der Waals surface area (Å²) in [4.78, 5) is 35.7. The van der Waals surface area contributed by atoms with Crippen LogP contribution in [0.4, 0.5) is 11.4 Å². The Labute approximate surface area is 171 Å². The van der Waals surface area contributed by atoms with Gasteiger partial charge in [0.25, 0.3) is 5.91 Å². The Morgan fingerprint density at radius 2 is 1.66 bits per heavy atom. The fourth-order valence-electron chi connectivity index (χ4n) is 4.12. The summed E-state index contributed by atoms with van der Waals surface area (Å²) >= 11 is 0. The number of anilines is 2. The molecule has 0 spiro atoms. The number of hydroxylamine groups is 1. The number of imide groups is 1.